The summed E-state index contributed by atoms with van der Waals surface area (Å²) in [6, 6.07) is 9.62. The van der Waals surface area contributed by atoms with E-state index in [2.05, 4.69) is 30.9 Å². The third-order valence-electron chi connectivity index (χ3n) is 4.61. The van der Waals surface area contributed by atoms with Crippen LogP contribution in [0.3, 0.4) is 0 Å². The molecule has 2 heterocycles. The Bertz CT molecular complexity index is 1340. The number of fused-ring (bicyclic) bond motifs is 1. The smallest absolute Gasteiger partial charge is 0.389 e. The van der Waals surface area contributed by atoms with Gasteiger partial charge in [0.25, 0.3) is 0 Å². The maximum absolute atomic E-state index is 12.9. The first-order chi connectivity index (χ1) is 16.4. The van der Waals surface area contributed by atoms with Crippen LogP contribution < -0.4 is 16.0 Å². The Morgan fingerprint density at radius 3 is 2.20 bits per heavy atom. The van der Waals surface area contributed by atoms with Gasteiger partial charge in [-0.05, 0) is 50.2 Å². The van der Waals surface area contributed by atoms with Gasteiger partial charge in [0.15, 0.2) is 15.8 Å². The Morgan fingerprint density at radius 2 is 1.60 bits per heavy atom. The molecule has 0 unspecified atom stereocenters. The highest BCUT2D eigenvalue weighted by atomic mass is 35.5. The van der Waals surface area contributed by atoms with Crippen molar-refractivity contribution in [2.45, 2.75) is 25.6 Å². The average Bonchev–Trinajstić information content (AvgIpc) is 3.17. The predicted octanol–water partition coefficient (Wildman–Crippen LogP) is 7.08. The van der Waals surface area contributed by atoms with Gasteiger partial charge in [-0.1, -0.05) is 40.6 Å². The van der Waals surface area contributed by atoms with E-state index in [-0.39, 0.29) is 18.3 Å². The van der Waals surface area contributed by atoms with Crippen LogP contribution >= 0.6 is 34.5 Å². The summed E-state index contributed by atoms with van der Waals surface area (Å²) in [5.74, 6) is 0.475. The molecule has 0 aliphatic rings. The molecule has 2 aromatic heterocycles. The van der Waals surface area contributed by atoms with Crippen LogP contribution in [-0.2, 0) is 6.18 Å². The molecule has 0 aliphatic heterocycles. The molecule has 0 saturated carbocycles. The predicted molar refractivity (Wildman–Crippen MR) is 134 cm³/mol. The van der Waals surface area contributed by atoms with Crippen molar-refractivity contribution in [2.75, 3.05) is 22.5 Å². The zero-order chi connectivity index (χ0) is 25.4. The number of thiazole rings is 1. The van der Waals surface area contributed by atoms with Gasteiger partial charge in [0, 0.05) is 12.2 Å². The fourth-order valence-electron chi connectivity index (χ4n) is 2.94. The number of para-hydroxylation sites is 1. The molecular formula is C22H19Cl2F3N6OS. The SMILES string of the molecule is CC(C)(O)CNc1nc(Nc2ccc(C(F)(F)F)cc2)c2nc(Nc3c(Cl)cccc3Cl)sc2n1. The second-order valence-electron chi connectivity index (χ2n) is 8.16. The van der Waals surface area contributed by atoms with Gasteiger partial charge in [0.1, 0.15) is 5.52 Å². The molecule has 0 amide bonds. The lowest BCUT2D eigenvalue weighted by Gasteiger charge is -2.18. The highest BCUT2D eigenvalue weighted by Crippen LogP contribution is 2.37. The summed E-state index contributed by atoms with van der Waals surface area (Å²) in [6.07, 6.45) is -4.44. The number of nitrogens with one attached hydrogen (secondary N) is 3. The van der Waals surface area contributed by atoms with E-state index in [1.807, 2.05) is 0 Å². The molecule has 0 atom stereocenters. The number of nitrogens with zero attached hydrogens (tertiary/aromatic N) is 3. The van der Waals surface area contributed by atoms with Gasteiger partial charge in [0.2, 0.25) is 5.95 Å². The summed E-state index contributed by atoms with van der Waals surface area (Å²) in [6.45, 7) is 3.42. The monoisotopic (exact) mass is 542 g/mol. The van der Waals surface area contributed by atoms with Gasteiger partial charge in [-0.2, -0.15) is 23.1 Å². The van der Waals surface area contributed by atoms with Crippen molar-refractivity contribution in [1.29, 1.82) is 0 Å². The Morgan fingerprint density at radius 1 is 0.943 bits per heavy atom. The molecule has 0 fully saturated rings. The molecule has 13 heteroatoms. The van der Waals surface area contributed by atoms with Crippen molar-refractivity contribution < 1.29 is 18.3 Å². The number of halogens is 5. The molecular weight excluding hydrogens is 524 g/mol. The third kappa shape index (κ3) is 6.23. The van der Waals surface area contributed by atoms with Crippen LogP contribution in [0, 0.1) is 0 Å². The van der Waals surface area contributed by atoms with Crippen LogP contribution in [0.25, 0.3) is 10.3 Å². The van der Waals surface area contributed by atoms with E-state index in [4.69, 9.17) is 23.2 Å². The highest BCUT2D eigenvalue weighted by Gasteiger charge is 2.30. The Balaban J connectivity index is 1.71. The summed E-state index contributed by atoms with van der Waals surface area (Å²) in [5.41, 5.74) is -0.557. The molecule has 4 rings (SSSR count). The Hall–Kier alpha value is -2.86. The molecule has 4 N–H and O–H groups in total. The number of aromatic nitrogens is 3. The third-order valence-corrected chi connectivity index (χ3v) is 6.10. The lowest BCUT2D eigenvalue weighted by atomic mass is 10.1. The van der Waals surface area contributed by atoms with Gasteiger partial charge in [0.05, 0.1) is 26.9 Å². The number of hydrogen-bond donors (Lipinski definition) is 4. The first-order valence-corrected chi connectivity index (χ1v) is 11.8. The second-order valence-corrected chi connectivity index (χ2v) is 9.95. The molecule has 35 heavy (non-hydrogen) atoms. The van der Waals surface area contributed by atoms with Gasteiger partial charge < -0.3 is 21.1 Å². The van der Waals surface area contributed by atoms with E-state index < -0.39 is 17.3 Å². The van der Waals surface area contributed by atoms with E-state index >= 15 is 0 Å². The summed E-state index contributed by atoms with van der Waals surface area (Å²) < 4.78 is 38.8. The maximum atomic E-state index is 12.9. The van der Waals surface area contributed by atoms with E-state index in [0.29, 0.717) is 36.9 Å². The van der Waals surface area contributed by atoms with E-state index in [0.717, 1.165) is 12.1 Å². The number of hydrogen-bond acceptors (Lipinski definition) is 8. The average molecular weight is 543 g/mol. The molecule has 0 saturated heterocycles. The number of anilines is 5. The molecule has 7 nitrogen and oxygen atoms in total. The van der Waals surface area contributed by atoms with Crippen LogP contribution in [0.5, 0.6) is 0 Å². The minimum atomic E-state index is -4.44. The molecule has 0 aliphatic carbocycles. The second kappa shape index (κ2) is 9.65. The molecule has 4 aromatic rings. The highest BCUT2D eigenvalue weighted by molar-refractivity contribution is 7.22. The van der Waals surface area contributed by atoms with Gasteiger partial charge in [-0.25, -0.2) is 4.98 Å². The molecule has 184 valence electrons. The maximum Gasteiger partial charge on any atom is 0.416 e. The normalized spacial score (nSPS) is 12.1. The van der Waals surface area contributed by atoms with E-state index in [1.54, 1.807) is 32.0 Å². The standard InChI is InChI=1S/C22H19Cl2F3N6OS/c1-21(2,34)10-28-19-32-17(29-12-8-6-11(7-9-12)22(25,26)27)16-18(33-19)35-20(31-16)30-15-13(23)4-3-5-14(15)24/h3-9,34H,10H2,1-2H3,(H,30,31)(H2,28,29,32,33). The van der Waals surface area contributed by atoms with Crippen molar-refractivity contribution in [3.8, 4) is 0 Å². The molecule has 2 aromatic carbocycles. The zero-order valence-electron chi connectivity index (χ0n) is 18.3. The molecule has 0 spiro atoms. The summed E-state index contributed by atoms with van der Waals surface area (Å²) in [7, 11) is 0. The van der Waals surface area contributed by atoms with Gasteiger partial charge in [-0.3, -0.25) is 0 Å². The Kier molecular flexibility index (Phi) is 6.96. The van der Waals surface area contributed by atoms with Crippen molar-refractivity contribution in [3.05, 3.63) is 58.1 Å². The van der Waals surface area contributed by atoms with Crippen LogP contribution in [-0.4, -0.2) is 32.2 Å². The van der Waals surface area contributed by atoms with Crippen LogP contribution in [0.15, 0.2) is 42.5 Å². The fraction of sp³-hybridized carbons (Fsp3) is 0.227. The van der Waals surface area contributed by atoms with Crippen LogP contribution in [0.1, 0.15) is 19.4 Å². The first-order valence-electron chi connectivity index (χ1n) is 10.2. The minimum Gasteiger partial charge on any atom is -0.389 e. The number of rotatable bonds is 7. The number of alkyl halides is 3. The van der Waals surface area contributed by atoms with E-state index in [9.17, 15) is 18.3 Å². The molecule has 0 radical (unpaired) electrons. The topological polar surface area (TPSA) is 95.0 Å². The van der Waals surface area contributed by atoms with Crippen molar-refractivity contribution in [1.82, 2.24) is 15.0 Å². The van der Waals surface area contributed by atoms with Crippen LogP contribution in [0.4, 0.5) is 41.4 Å². The number of benzene rings is 2. The van der Waals surface area contributed by atoms with E-state index in [1.165, 1.54) is 23.5 Å². The van der Waals surface area contributed by atoms with Crippen molar-refractivity contribution in [2.24, 2.45) is 0 Å². The van der Waals surface area contributed by atoms with Crippen molar-refractivity contribution in [3.63, 3.8) is 0 Å². The van der Waals surface area contributed by atoms with Gasteiger partial charge >= 0.3 is 6.18 Å². The quantitative estimate of drug-likeness (QED) is 0.198. The summed E-state index contributed by atoms with van der Waals surface area (Å²) in [5, 5.41) is 20.3. The van der Waals surface area contributed by atoms with Gasteiger partial charge in [-0.15, -0.1) is 0 Å². The lowest BCUT2D eigenvalue weighted by Crippen LogP contribution is -2.30. The first kappa shape index (κ1) is 25.2. The Labute approximate surface area is 212 Å². The minimum absolute atomic E-state index is 0.164. The summed E-state index contributed by atoms with van der Waals surface area (Å²) >= 11 is 13.7. The fourth-order valence-corrected chi connectivity index (χ4v) is 4.28. The summed E-state index contributed by atoms with van der Waals surface area (Å²) in [4.78, 5) is 13.9. The van der Waals surface area contributed by atoms with Crippen molar-refractivity contribution >= 4 is 73.2 Å². The lowest BCUT2D eigenvalue weighted by molar-refractivity contribution is -0.137. The van der Waals surface area contributed by atoms with Crippen LogP contribution in [0.2, 0.25) is 10.0 Å². The molecule has 0 bridgehead atoms. The zero-order valence-corrected chi connectivity index (χ0v) is 20.7. The number of aliphatic hydroxyl groups is 1. The largest absolute Gasteiger partial charge is 0.416 e.